The van der Waals surface area contributed by atoms with E-state index in [-0.39, 0.29) is 24.1 Å². The molecule has 3 aliphatic rings. The Morgan fingerprint density at radius 3 is 2.24 bits per heavy atom. The molecule has 1 aliphatic carbocycles. The maximum atomic E-state index is 13.3. The molecule has 3 aromatic rings. The molecule has 0 saturated carbocycles. The third-order valence-electron chi connectivity index (χ3n) is 7.18. The molecule has 1 saturated heterocycles. The molecule has 0 spiro atoms. The Labute approximate surface area is 198 Å². The molecule has 2 aliphatic heterocycles. The highest BCUT2D eigenvalue weighted by atomic mass is 16.6. The van der Waals surface area contributed by atoms with Crippen molar-refractivity contribution in [3.8, 4) is 11.1 Å². The summed E-state index contributed by atoms with van der Waals surface area (Å²) in [5, 5.41) is 0. The highest BCUT2D eigenvalue weighted by Crippen LogP contribution is 2.44. The summed E-state index contributed by atoms with van der Waals surface area (Å²) in [5.74, 6) is 0.0304. The minimum atomic E-state index is -0.306. The molecule has 2 heterocycles. The Hall–Kier alpha value is -3.70. The van der Waals surface area contributed by atoms with Gasteiger partial charge < -0.3 is 9.47 Å². The van der Waals surface area contributed by atoms with Crippen LogP contribution in [0.4, 0.5) is 4.79 Å². The number of nitrogens with zero attached hydrogens (tertiary/aromatic N) is 1. The summed E-state index contributed by atoms with van der Waals surface area (Å²) in [4.78, 5) is 26.7. The van der Waals surface area contributed by atoms with Gasteiger partial charge in [-0.25, -0.2) is 4.79 Å². The predicted octanol–water partition coefficient (Wildman–Crippen LogP) is 5.30. The fraction of sp³-hybridized carbons (Fsp3) is 0.241. The van der Waals surface area contributed by atoms with Crippen LogP contribution in [0.15, 0.2) is 78.9 Å². The fourth-order valence-electron chi connectivity index (χ4n) is 5.64. The molecule has 0 N–H and O–H groups in total. The van der Waals surface area contributed by atoms with Crippen molar-refractivity contribution < 1.29 is 19.1 Å². The van der Waals surface area contributed by atoms with Gasteiger partial charge in [0.1, 0.15) is 6.61 Å². The SMILES string of the molecule is O=Cc1ccccc1C1=CC2COCC(C1)N2C(=O)OCC1c2ccccc2-c2ccccc21. The van der Waals surface area contributed by atoms with Gasteiger partial charge in [0.05, 0.1) is 25.3 Å². The summed E-state index contributed by atoms with van der Waals surface area (Å²) in [6.07, 6.45) is 3.27. The molecule has 34 heavy (non-hydrogen) atoms. The van der Waals surface area contributed by atoms with Crippen LogP contribution in [0.5, 0.6) is 0 Å². The first kappa shape index (κ1) is 20.9. The zero-order valence-corrected chi connectivity index (χ0v) is 18.7. The Bertz CT molecular complexity index is 1250. The monoisotopic (exact) mass is 451 g/mol. The molecule has 170 valence electrons. The first-order valence-electron chi connectivity index (χ1n) is 11.7. The summed E-state index contributed by atoms with van der Waals surface area (Å²) in [7, 11) is 0. The van der Waals surface area contributed by atoms with Crippen LogP contribution in [0.1, 0.15) is 39.4 Å². The molecule has 2 bridgehead atoms. The maximum Gasteiger partial charge on any atom is 0.410 e. The van der Waals surface area contributed by atoms with E-state index in [0.717, 1.165) is 17.4 Å². The largest absolute Gasteiger partial charge is 0.448 e. The number of ether oxygens (including phenoxy) is 2. The van der Waals surface area contributed by atoms with Gasteiger partial charge in [-0.2, -0.15) is 0 Å². The van der Waals surface area contributed by atoms with E-state index < -0.39 is 0 Å². The van der Waals surface area contributed by atoms with E-state index in [1.807, 2.05) is 53.4 Å². The molecule has 2 unspecified atom stereocenters. The topological polar surface area (TPSA) is 55.8 Å². The summed E-state index contributed by atoms with van der Waals surface area (Å²) in [6.45, 7) is 1.18. The van der Waals surface area contributed by atoms with Crippen LogP contribution in [0.25, 0.3) is 16.7 Å². The minimum absolute atomic E-state index is 0.0304. The second-order valence-corrected chi connectivity index (χ2v) is 9.07. The van der Waals surface area contributed by atoms with E-state index in [1.165, 1.54) is 22.3 Å². The van der Waals surface area contributed by atoms with Crippen LogP contribution in [0, 0.1) is 0 Å². The normalized spacial score (nSPS) is 20.8. The number of benzene rings is 3. The van der Waals surface area contributed by atoms with Crippen LogP contribution in [-0.4, -0.2) is 49.2 Å². The molecule has 5 nitrogen and oxygen atoms in total. The molecule has 0 radical (unpaired) electrons. The third kappa shape index (κ3) is 3.44. The average Bonchev–Trinajstić information content (AvgIpc) is 3.20. The van der Waals surface area contributed by atoms with Crippen LogP contribution in [0.3, 0.4) is 0 Å². The Morgan fingerprint density at radius 1 is 0.912 bits per heavy atom. The second-order valence-electron chi connectivity index (χ2n) is 9.07. The number of aldehydes is 1. The number of hydrogen-bond acceptors (Lipinski definition) is 4. The van der Waals surface area contributed by atoms with E-state index in [2.05, 4.69) is 30.3 Å². The first-order chi connectivity index (χ1) is 16.7. The lowest BCUT2D eigenvalue weighted by Crippen LogP contribution is -2.56. The number of fused-ring (bicyclic) bond motifs is 5. The van der Waals surface area contributed by atoms with E-state index in [9.17, 15) is 9.59 Å². The van der Waals surface area contributed by atoms with Gasteiger partial charge in [-0.15, -0.1) is 0 Å². The van der Waals surface area contributed by atoms with Crippen molar-refractivity contribution in [2.45, 2.75) is 24.4 Å². The number of carbonyl (C=O) groups is 2. The summed E-state index contributed by atoms with van der Waals surface area (Å²) < 4.78 is 11.7. The Morgan fingerprint density at radius 2 is 1.56 bits per heavy atom. The van der Waals surface area contributed by atoms with Gasteiger partial charge in [-0.05, 0) is 39.8 Å². The van der Waals surface area contributed by atoms with Crippen LogP contribution >= 0.6 is 0 Å². The molecule has 1 amide bonds. The van der Waals surface area contributed by atoms with Crippen LogP contribution in [0.2, 0.25) is 0 Å². The summed E-state index contributed by atoms with van der Waals surface area (Å²) in [5.41, 5.74) is 7.51. The van der Waals surface area contributed by atoms with Crippen LogP contribution < -0.4 is 0 Å². The molecule has 0 aromatic heterocycles. The van der Waals surface area contributed by atoms with E-state index >= 15 is 0 Å². The first-order valence-corrected chi connectivity index (χ1v) is 11.7. The van der Waals surface area contributed by atoms with Crippen molar-refractivity contribution in [3.63, 3.8) is 0 Å². The lowest BCUT2D eigenvalue weighted by molar-refractivity contribution is -0.0331. The smallest absolute Gasteiger partial charge is 0.410 e. The van der Waals surface area contributed by atoms with Gasteiger partial charge in [0.25, 0.3) is 0 Å². The number of hydrogen-bond donors (Lipinski definition) is 0. The maximum absolute atomic E-state index is 13.3. The van der Waals surface area contributed by atoms with Crippen molar-refractivity contribution in [2.75, 3.05) is 19.8 Å². The van der Waals surface area contributed by atoms with Crippen molar-refractivity contribution in [2.24, 2.45) is 0 Å². The van der Waals surface area contributed by atoms with Crippen molar-refractivity contribution in [3.05, 3.63) is 101 Å². The number of rotatable bonds is 4. The molecule has 6 rings (SSSR count). The zero-order chi connectivity index (χ0) is 23.1. The Balaban J connectivity index is 1.23. The van der Waals surface area contributed by atoms with Crippen molar-refractivity contribution in [1.29, 1.82) is 0 Å². The highest BCUT2D eigenvalue weighted by Gasteiger charge is 2.40. The quantitative estimate of drug-likeness (QED) is 0.505. The van der Waals surface area contributed by atoms with E-state index in [0.29, 0.717) is 31.8 Å². The molecular formula is C29H25NO4. The number of amides is 1. The van der Waals surface area contributed by atoms with Gasteiger partial charge in [-0.1, -0.05) is 78.9 Å². The fourth-order valence-corrected chi connectivity index (χ4v) is 5.64. The zero-order valence-electron chi connectivity index (χ0n) is 18.7. The van der Waals surface area contributed by atoms with Crippen molar-refractivity contribution >= 4 is 18.0 Å². The van der Waals surface area contributed by atoms with Gasteiger partial charge in [-0.3, -0.25) is 9.69 Å². The molecule has 2 atom stereocenters. The Kier molecular flexibility index (Phi) is 5.27. The third-order valence-corrected chi connectivity index (χ3v) is 7.18. The van der Waals surface area contributed by atoms with Crippen LogP contribution in [-0.2, 0) is 9.47 Å². The standard InChI is InChI=1S/C29H25NO4/c31-15-19-7-1-2-8-23(19)20-13-21-16-33-17-22(14-20)30(21)29(32)34-18-28-26-11-5-3-9-24(26)25-10-4-6-12-27(25)28/h1-13,15,21-22,28H,14,16-18H2. The lowest BCUT2D eigenvalue weighted by Gasteiger charge is -2.44. The van der Waals surface area contributed by atoms with E-state index in [1.54, 1.807) is 0 Å². The molecule has 3 aromatic carbocycles. The minimum Gasteiger partial charge on any atom is -0.448 e. The van der Waals surface area contributed by atoms with Gasteiger partial charge >= 0.3 is 6.09 Å². The predicted molar refractivity (Wildman–Crippen MR) is 130 cm³/mol. The number of carbonyl (C=O) groups excluding carboxylic acids is 2. The highest BCUT2D eigenvalue weighted by molar-refractivity contribution is 5.86. The average molecular weight is 452 g/mol. The summed E-state index contributed by atoms with van der Waals surface area (Å²) >= 11 is 0. The molecular weight excluding hydrogens is 426 g/mol. The van der Waals surface area contributed by atoms with Gasteiger partial charge in [0.15, 0.2) is 6.29 Å². The molecule has 1 fully saturated rings. The van der Waals surface area contributed by atoms with Crippen molar-refractivity contribution in [1.82, 2.24) is 4.90 Å². The lowest BCUT2D eigenvalue weighted by atomic mass is 9.88. The van der Waals surface area contributed by atoms with Gasteiger partial charge in [0, 0.05) is 11.5 Å². The molecule has 5 heteroatoms. The summed E-state index contributed by atoms with van der Waals surface area (Å²) in [6, 6.07) is 23.9. The number of morpholine rings is 1. The van der Waals surface area contributed by atoms with E-state index in [4.69, 9.17) is 9.47 Å². The van der Waals surface area contributed by atoms with Gasteiger partial charge in [0.2, 0.25) is 0 Å². The second kappa shape index (κ2) is 8.58.